The van der Waals surface area contributed by atoms with Gasteiger partial charge in [0.15, 0.2) is 5.82 Å². The molecule has 0 radical (unpaired) electrons. The summed E-state index contributed by atoms with van der Waals surface area (Å²) in [6.45, 7) is 5.04. The highest BCUT2D eigenvalue weighted by Gasteiger charge is 2.30. The molecule has 102 valence electrons. The molecule has 5 nitrogen and oxygen atoms in total. The molecule has 1 aromatic rings. The van der Waals surface area contributed by atoms with E-state index >= 15 is 0 Å². The van der Waals surface area contributed by atoms with Crippen LogP contribution in [0.15, 0.2) is 12.1 Å². The smallest absolute Gasteiger partial charge is 0.151 e. The van der Waals surface area contributed by atoms with Crippen molar-refractivity contribution in [2.45, 2.75) is 24.8 Å². The van der Waals surface area contributed by atoms with Gasteiger partial charge in [-0.2, -0.15) is 5.10 Å². The lowest BCUT2D eigenvalue weighted by Gasteiger charge is -2.41. The number of ether oxygens (including phenoxy) is 1. The van der Waals surface area contributed by atoms with E-state index in [4.69, 9.17) is 4.74 Å². The van der Waals surface area contributed by atoms with E-state index in [-0.39, 0.29) is 0 Å². The molecule has 3 aliphatic rings. The first-order chi connectivity index (χ1) is 9.38. The quantitative estimate of drug-likeness (QED) is 0.848. The van der Waals surface area contributed by atoms with Crippen LogP contribution in [0, 0.1) is 5.92 Å². The highest BCUT2D eigenvalue weighted by atomic mass is 16.5. The maximum Gasteiger partial charge on any atom is 0.151 e. The van der Waals surface area contributed by atoms with Crippen molar-refractivity contribution in [3.05, 3.63) is 17.8 Å². The van der Waals surface area contributed by atoms with Crippen LogP contribution in [-0.2, 0) is 4.74 Å². The van der Waals surface area contributed by atoms with Crippen LogP contribution in [0.2, 0.25) is 0 Å². The minimum absolute atomic E-state index is 0.590. The molecule has 1 aromatic heterocycles. The van der Waals surface area contributed by atoms with Gasteiger partial charge in [0.05, 0.1) is 24.9 Å². The summed E-state index contributed by atoms with van der Waals surface area (Å²) in [4.78, 5) is 2.31. The summed E-state index contributed by atoms with van der Waals surface area (Å²) < 4.78 is 5.15. The van der Waals surface area contributed by atoms with Gasteiger partial charge in [0.2, 0.25) is 0 Å². The molecule has 1 saturated carbocycles. The molecule has 2 saturated heterocycles. The van der Waals surface area contributed by atoms with Crippen LogP contribution in [0.4, 0.5) is 5.82 Å². The predicted octanol–water partition coefficient (Wildman–Crippen LogP) is 0.779. The van der Waals surface area contributed by atoms with E-state index in [2.05, 4.69) is 32.5 Å². The minimum atomic E-state index is 0.590. The molecule has 3 heterocycles. The Balaban J connectivity index is 1.25. The van der Waals surface area contributed by atoms with E-state index in [1.165, 1.54) is 18.5 Å². The molecule has 0 bridgehead atoms. The Hall–Kier alpha value is -1.20. The van der Waals surface area contributed by atoms with Gasteiger partial charge < -0.3 is 15.0 Å². The summed E-state index contributed by atoms with van der Waals surface area (Å²) in [7, 11) is 0. The number of aromatic nitrogens is 2. The summed E-state index contributed by atoms with van der Waals surface area (Å²) in [6, 6.07) is 4.87. The van der Waals surface area contributed by atoms with Crippen molar-refractivity contribution in [2.75, 3.05) is 37.7 Å². The van der Waals surface area contributed by atoms with Crippen LogP contribution >= 0.6 is 0 Å². The first kappa shape index (κ1) is 11.6. The van der Waals surface area contributed by atoms with Crippen LogP contribution in [0.5, 0.6) is 0 Å². The van der Waals surface area contributed by atoms with Gasteiger partial charge in [-0.15, -0.1) is 5.10 Å². The molecule has 4 rings (SSSR count). The summed E-state index contributed by atoms with van der Waals surface area (Å²) >= 11 is 0. The lowest BCUT2D eigenvalue weighted by Crippen LogP contribution is -2.55. The number of anilines is 1. The van der Waals surface area contributed by atoms with Gasteiger partial charge in [0.1, 0.15) is 0 Å². The van der Waals surface area contributed by atoms with Gasteiger partial charge in [-0.1, -0.05) is 0 Å². The predicted molar refractivity (Wildman–Crippen MR) is 72.3 cm³/mol. The summed E-state index contributed by atoms with van der Waals surface area (Å²) in [5.74, 6) is 2.47. The molecule has 0 aromatic carbocycles. The van der Waals surface area contributed by atoms with Crippen LogP contribution in [0.1, 0.15) is 24.5 Å². The summed E-state index contributed by atoms with van der Waals surface area (Å²) in [5.41, 5.74) is 1.17. The van der Waals surface area contributed by atoms with Crippen molar-refractivity contribution in [3.8, 4) is 0 Å². The average molecular weight is 260 g/mol. The molecule has 3 fully saturated rings. The normalized spacial score (nSPS) is 24.1. The van der Waals surface area contributed by atoms with E-state index in [0.717, 1.165) is 44.6 Å². The first-order valence-electron chi connectivity index (χ1n) is 7.28. The fourth-order valence-corrected chi connectivity index (χ4v) is 2.67. The minimum Gasteiger partial charge on any atom is -0.378 e. The number of hydrogen-bond acceptors (Lipinski definition) is 5. The Morgan fingerprint density at radius 3 is 2.63 bits per heavy atom. The zero-order valence-electron chi connectivity index (χ0n) is 11.1. The lowest BCUT2D eigenvalue weighted by molar-refractivity contribution is -0.00690. The summed E-state index contributed by atoms with van der Waals surface area (Å²) in [6.07, 6.45) is 2.58. The maximum atomic E-state index is 5.15. The van der Waals surface area contributed by atoms with Gasteiger partial charge >= 0.3 is 0 Å². The highest BCUT2D eigenvalue weighted by Crippen LogP contribution is 2.38. The standard InChI is InChI=1S/C14H20N4O/c1-2-11(1)13-3-4-14(17-16-13)18-6-10(7-18)5-15-12-8-19-9-12/h3-4,10-12,15H,1-2,5-9H2. The fraction of sp³-hybridized carbons (Fsp3) is 0.714. The maximum absolute atomic E-state index is 5.15. The van der Waals surface area contributed by atoms with E-state index in [9.17, 15) is 0 Å². The Kier molecular flexibility index (Phi) is 2.89. The van der Waals surface area contributed by atoms with E-state index in [0.29, 0.717) is 12.0 Å². The third-order valence-electron chi connectivity index (χ3n) is 4.28. The molecule has 5 heteroatoms. The lowest BCUT2D eigenvalue weighted by atomic mass is 9.99. The molecule has 1 aliphatic carbocycles. The van der Waals surface area contributed by atoms with Crippen molar-refractivity contribution < 1.29 is 4.74 Å². The van der Waals surface area contributed by atoms with E-state index in [1.807, 2.05) is 0 Å². The first-order valence-corrected chi connectivity index (χ1v) is 7.28. The molecule has 0 amide bonds. The number of rotatable bonds is 5. The van der Waals surface area contributed by atoms with Crippen LogP contribution in [-0.4, -0.2) is 49.1 Å². The van der Waals surface area contributed by atoms with E-state index < -0.39 is 0 Å². The molecule has 0 atom stereocenters. The molecule has 0 unspecified atom stereocenters. The van der Waals surface area contributed by atoms with Gasteiger partial charge in [-0.05, 0) is 25.0 Å². The van der Waals surface area contributed by atoms with Crippen LogP contribution in [0.3, 0.4) is 0 Å². The topological polar surface area (TPSA) is 50.3 Å². The van der Waals surface area contributed by atoms with Crippen molar-refractivity contribution in [3.63, 3.8) is 0 Å². The number of nitrogens with one attached hydrogen (secondary N) is 1. The average Bonchev–Trinajstić information content (AvgIpc) is 3.14. The Labute approximate surface area is 113 Å². The zero-order chi connectivity index (χ0) is 12.7. The number of hydrogen-bond donors (Lipinski definition) is 1. The third-order valence-corrected chi connectivity index (χ3v) is 4.28. The Morgan fingerprint density at radius 2 is 2.05 bits per heavy atom. The van der Waals surface area contributed by atoms with Gasteiger partial charge in [-0.25, -0.2) is 0 Å². The van der Waals surface area contributed by atoms with Crippen LogP contribution < -0.4 is 10.2 Å². The molecular weight excluding hydrogens is 240 g/mol. The Bertz CT molecular complexity index is 435. The van der Waals surface area contributed by atoms with Crippen molar-refractivity contribution >= 4 is 5.82 Å². The largest absolute Gasteiger partial charge is 0.378 e. The second-order valence-electron chi connectivity index (χ2n) is 6.00. The molecule has 1 N–H and O–H groups in total. The molecule has 0 spiro atoms. The SMILES string of the molecule is c1cc(N2CC(CNC3COC3)C2)nnc1C1CC1. The second-order valence-corrected chi connectivity index (χ2v) is 6.00. The van der Waals surface area contributed by atoms with Crippen molar-refractivity contribution in [1.29, 1.82) is 0 Å². The van der Waals surface area contributed by atoms with Gasteiger partial charge in [0.25, 0.3) is 0 Å². The fourth-order valence-electron chi connectivity index (χ4n) is 2.67. The Morgan fingerprint density at radius 1 is 1.21 bits per heavy atom. The highest BCUT2D eigenvalue weighted by molar-refractivity contribution is 5.41. The third kappa shape index (κ3) is 2.44. The molecule has 19 heavy (non-hydrogen) atoms. The second kappa shape index (κ2) is 4.72. The molecular formula is C14H20N4O. The van der Waals surface area contributed by atoms with E-state index in [1.54, 1.807) is 0 Å². The zero-order valence-corrected chi connectivity index (χ0v) is 11.1. The number of nitrogens with zero attached hydrogens (tertiary/aromatic N) is 3. The van der Waals surface area contributed by atoms with Crippen LogP contribution in [0.25, 0.3) is 0 Å². The monoisotopic (exact) mass is 260 g/mol. The van der Waals surface area contributed by atoms with Gasteiger partial charge in [0, 0.05) is 31.5 Å². The van der Waals surface area contributed by atoms with Crippen molar-refractivity contribution in [1.82, 2.24) is 15.5 Å². The van der Waals surface area contributed by atoms with Crippen molar-refractivity contribution in [2.24, 2.45) is 5.92 Å². The summed E-state index contributed by atoms with van der Waals surface area (Å²) in [5, 5.41) is 12.2. The van der Waals surface area contributed by atoms with Gasteiger partial charge in [-0.3, -0.25) is 0 Å². The molecule has 2 aliphatic heterocycles.